The van der Waals surface area contributed by atoms with Gasteiger partial charge in [-0.15, -0.1) is 0 Å². The van der Waals surface area contributed by atoms with Crippen LogP contribution in [0, 0.1) is 0 Å². The standard InChI is InChI=1S/C23H25N5O6S/c1-28-16(13-8-9-13)12-21(25-28)24-15-11-19-14(10-20(15)33-4)23(26-34-19)27-35(29,30)22-17(31-2)6-5-7-18(22)32-3/h5-7,10-13H,8-9H2,1-4H3,(H,24,25)(H,26,27). The normalized spacial score (nSPS) is 13.6. The van der Waals surface area contributed by atoms with Crippen LogP contribution < -0.4 is 24.2 Å². The van der Waals surface area contributed by atoms with Crippen molar-refractivity contribution < 1.29 is 27.2 Å². The zero-order valence-electron chi connectivity index (χ0n) is 19.7. The number of nitrogens with one attached hydrogen (secondary N) is 2. The number of benzene rings is 2. The van der Waals surface area contributed by atoms with Gasteiger partial charge >= 0.3 is 0 Å². The number of fused-ring (bicyclic) bond motifs is 1. The lowest BCUT2D eigenvalue weighted by Gasteiger charge is -2.14. The van der Waals surface area contributed by atoms with Crippen LogP contribution in [-0.4, -0.2) is 44.7 Å². The Bertz CT molecular complexity index is 1480. The smallest absolute Gasteiger partial charge is 0.270 e. The Kier molecular flexibility index (Phi) is 5.67. The summed E-state index contributed by atoms with van der Waals surface area (Å²) in [6.07, 6.45) is 2.34. The Morgan fingerprint density at radius 2 is 1.71 bits per heavy atom. The molecule has 0 radical (unpaired) electrons. The Labute approximate surface area is 202 Å². The fourth-order valence-electron chi connectivity index (χ4n) is 4.01. The highest BCUT2D eigenvalue weighted by Gasteiger charge is 2.29. The summed E-state index contributed by atoms with van der Waals surface area (Å²) >= 11 is 0. The van der Waals surface area contributed by atoms with E-state index in [1.54, 1.807) is 18.2 Å². The minimum Gasteiger partial charge on any atom is -0.495 e. The monoisotopic (exact) mass is 499 g/mol. The van der Waals surface area contributed by atoms with Gasteiger partial charge in [0.15, 0.2) is 22.1 Å². The molecule has 11 nitrogen and oxygen atoms in total. The molecule has 2 aromatic heterocycles. The third-order valence-corrected chi connectivity index (χ3v) is 7.25. The van der Waals surface area contributed by atoms with Crippen LogP contribution in [0.1, 0.15) is 24.5 Å². The fourth-order valence-corrected chi connectivity index (χ4v) is 5.34. The Morgan fingerprint density at radius 3 is 2.34 bits per heavy atom. The van der Waals surface area contributed by atoms with Crippen LogP contribution in [0.2, 0.25) is 0 Å². The van der Waals surface area contributed by atoms with E-state index in [-0.39, 0.29) is 22.2 Å². The first-order valence-electron chi connectivity index (χ1n) is 10.9. The number of anilines is 3. The summed E-state index contributed by atoms with van der Waals surface area (Å²) in [6, 6.07) is 10.1. The van der Waals surface area contributed by atoms with Gasteiger partial charge < -0.3 is 24.1 Å². The van der Waals surface area contributed by atoms with Gasteiger partial charge in [-0.1, -0.05) is 11.2 Å². The first-order valence-corrected chi connectivity index (χ1v) is 12.3. The third kappa shape index (κ3) is 4.20. The van der Waals surface area contributed by atoms with Crippen molar-refractivity contribution in [2.75, 3.05) is 31.4 Å². The number of nitrogens with zero attached hydrogens (tertiary/aromatic N) is 3. The quantitative estimate of drug-likeness (QED) is 0.351. The molecule has 0 aliphatic heterocycles. The highest BCUT2D eigenvalue weighted by Crippen LogP contribution is 2.42. The van der Waals surface area contributed by atoms with Gasteiger partial charge in [0, 0.05) is 30.8 Å². The van der Waals surface area contributed by atoms with Gasteiger partial charge in [-0.2, -0.15) is 5.10 Å². The Balaban J connectivity index is 1.49. The molecule has 4 aromatic rings. The van der Waals surface area contributed by atoms with Crippen molar-refractivity contribution in [1.29, 1.82) is 0 Å². The van der Waals surface area contributed by atoms with Crippen molar-refractivity contribution >= 4 is 38.3 Å². The molecule has 2 aromatic carbocycles. The number of rotatable bonds is 9. The van der Waals surface area contributed by atoms with Crippen LogP contribution in [-0.2, 0) is 17.1 Å². The topological polar surface area (TPSA) is 130 Å². The molecule has 12 heteroatoms. The van der Waals surface area contributed by atoms with E-state index in [0.29, 0.717) is 34.1 Å². The van der Waals surface area contributed by atoms with E-state index in [0.717, 1.165) is 0 Å². The minimum absolute atomic E-state index is 0.00617. The summed E-state index contributed by atoms with van der Waals surface area (Å²) in [7, 11) is 2.08. The van der Waals surface area contributed by atoms with Crippen LogP contribution in [0.3, 0.4) is 0 Å². The number of hydrogen-bond donors (Lipinski definition) is 2. The molecule has 184 valence electrons. The lowest BCUT2D eigenvalue weighted by Crippen LogP contribution is -2.15. The second kappa shape index (κ2) is 8.69. The SMILES string of the molecule is COc1cc2c(NS(=O)(=O)c3c(OC)cccc3OC)noc2cc1Nc1cc(C2CC2)n(C)n1. The molecule has 0 unspecified atom stereocenters. The van der Waals surface area contributed by atoms with E-state index in [2.05, 4.69) is 20.3 Å². The highest BCUT2D eigenvalue weighted by atomic mass is 32.2. The predicted octanol–water partition coefficient (Wildman–Crippen LogP) is 4.01. The van der Waals surface area contributed by atoms with E-state index < -0.39 is 10.0 Å². The molecular formula is C23H25N5O6S. The third-order valence-electron chi connectivity index (χ3n) is 5.85. The maximum Gasteiger partial charge on any atom is 0.270 e. The summed E-state index contributed by atoms with van der Waals surface area (Å²) < 4.78 is 52.3. The molecule has 2 heterocycles. The van der Waals surface area contributed by atoms with Gasteiger partial charge in [0.05, 0.1) is 32.4 Å². The lowest BCUT2D eigenvalue weighted by molar-refractivity contribution is 0.373. The molecule has 0 bridgehead atoms. The number of methoxy groups -OCH3 is 3. The van der Waals surface area contributed by atoms with E-state index in [1.165, 1.54) is 52.0 Å². The van der Waals surface area contributed by atoms with Crippen LogP contribution in [0.25, 0.3) is 11.0 Å². The molecule has 1 saturated carbocycles. The summed E-state index contributed by atoms with van der Waals surface area (Å²) in [5.41, 5.74) is 2.14. The predicted molar refractivity (Wildman–Crippen MR) is 129 cm³/mol. The van der Waals surface area contributed by atoms with Gasteiger partial charge in [0.1, 0.15) is 17.2 Å². The molecule has 0 spiro atoms. The molecule has 0 amide bonds. The Morgan fingerprint density at radius 1 is 1.03 bits per heavy atom. The molecule has 1 fully saturated rings. The summed E-state index contributed by atoms with van der Waals surface area (Å²) in [5, 5.41) is 12.1. The zero-order chi connectivity index (χ0) is 24.7. The number of aromatic nitrogens is 3. The van der Waals surface area contributed by atoms with Gasteiger partial charge in [-0.25, -0.2) is 8.42 Å². The number of hydrogen-bond acceptors (Lipinski definition) is 9. The van der Waals surface area contributed by atoms with Crippen LogP contribution in [0.15, 0.2) is 45.8 Å². The van der Waals surface area contributed by atoms with Crippen LogP contribution >= 0.6 is 0 Å². The number of sulfonamides is 1. The number of aryl methyl sites for hydroxylation is 1. The molecule has 2 N–H and O–H groups in total. The maximum atomic E-state index is 13.3. The van der Waals surface area contributed by atoms with Crippen LogP contribution in [0.5, 0.6) is 17.2 Å². The second-order valence-electron chi connectivity index (χ2n) is 8.15. The van der Waals surface area contributed by atoms with Crippen molar-refractivity contribution in [2.24, 2.45) is 7.05 Å². The molecular weight excluding hydrogens is 474 g/mol. The average molecular weight is 500 g/mol. The van der Waals surface area contributed by atoms with Gasteiger partial charge in [0.2, 0.25) is 0 Å². The van der Waals surface area contributed by atoms with Crippen molar-refractivity contribution in [2.45, 2.75) is 23.7 Å². The Hall–Kier alpha value is -3.93. The first-order chi connectivity index (χ1) is 16.8. The molecule has 1 aliphatic rings. The summed E-state index contributed by atoms with van der Waals surface area (Å²) in [5.74, 6) is 1.97. The molecule has 1 aliphatic carbocycles. The van der Waals surface area contributed by atoms with Crippen molar-refractivity contribution in [1.82, 2.24) is 14.9 Å². The summed E-state index contributed by atoms with van der Waals surface area (Å²) in [4.78, 5) is -0.145. The van der Waals surface area contributed by atoms with E-state index >= 15 is 0 Å². The average Bonchev–Trinajstić information content (AvgIpc) is 3.53. The zero-order valence-corrected chi connectivity index (χ0v) is 20.5. The van der Waals surface area contributed by atoms with Gasteiger partial charge in [-0.05, 0) is 31.0 Å². The van der Waals surface area contributed by atoms with Crippen molar-refractivity contribution in [3.8, 4) is 17.2 Å². The lowest BCUT2D eigenvalue weighted by atomic mass is 10.2. The van der Waals surface area contributed by atoms with Crippen molar-refractivity contribution in [3.63, 3.8) is 0 Å². The van der Waals surface area contributed by atoms with E-state index in [4.69, 9.17) is 18.7 Å². The molecule has 35 heavy (non-hydrogen) atoms. The van der Waals surface area contributed by atoms with Crippen molar-refractivity contribution in [3.05, 3.63) is 42.1 Å². The van der Waals surface area contributed by atoms with E-state index in [9.17, 15) is 8.42 Å². The maximum absolute atomic E-state index is 13.3. The largest absolute Gasteiger partial charge is 0.495 e. The second-order valence-corrected chi connectivity index (χ2v) is 9.77. The van der Waals surface area contributed by atoms with Crippen LogP contribution in [0.4, 0.5) is 17.3 Å². The molecule has 0 saturated heterocycles. The van der Waals surface area contributed by atoms with E-state index in [1.807, 2.05) is 17.8 Å². The van der Waals surface area contributed by atoms with Gasteiger partial charge in [-0.3, -0.25) is 9.40 Å². The first kappa shape index (κ1) is 22.8. The summed E-state index contributed by atoms with van der Waals surface area (Å²) in [6.45, 7) is 0. The highest BCUT2D eigenvalue weighted by molar-refractivity contribution is 7.93. The molecule has 5 rings (SSSR count). The number of ether oxygens (including phenoxy) is 3. The fraction of sp³-hybridized carbons (Fsp3) is 0.304. The van der Waals surface area contributed by atoms with Gasteiger partial charge in [0.25, 0.3) is 10.0 Å². The minimum atomic E-state index is -4.13. The molecule has 0 atom stereocenters.